The van der Waals surface area contributed by atoms with Gasteiger partial charge in [-0.3, -0.25) is 4.79 Å². The molecule has 0 aromatic carbocycles. The first-order chi connectivity index (χ1) is 9.58. The van der Waals surface area contributed by atoms with Crippen LogP contribution in [0.5, 0.6) is 0 Å². The van der Waals surface area contributed by atoms with Crippen LogP contribution in [0.4, 0.5) is 4.79 Å². The van der Waals surface area contributed by atoms with Crippen LogP contribution in [0, 0.1) is 11.8 Å². The minimum absolute atomic E-state index is 0.150. The number of methoxy groups -OCH3 is 1. The van der Waals surface area contributed by atoms with Crippen LogP contribution in [0.1, 0.15) is 32.6 Å². The topological polar surface area (TPSA) is 78.9 Å². The maximum Gasteiger partial charge on any atom is 0.317 e. The molecule has 1 unspecified atom stereocenters. The van der Waals surface area contributed by atoms with E-state index in [1.54, 1.807) is 12.0 Å². The van der Waals surface area contributed by atoms with E-state index in [4.69, 9.17) is 9.84 Å². The molecule has 0 bridgehead atoms. The van der Waals surface area contributed by atoms with Crippen LogP contribution in [0.25, 0.3) is 0 Å². The lowest BCUT2D eigenvalue weighted by Crippen LogP contribution is -2.46. The van der Waals surface area contributed by atoms with E-state index in [-0.39, 0.29) is 12.6 Å². The largest absolute Gasteiger partial charge is 0.481 e. The van der Waals surface area contributed by atoms with E-state index in [0.717, 1.165) is 25.9 Å². The molecule has 1 rings (SSSR count). The Labute approximate surface area is 120 Å². The van der Waals surface area contributed by atoms with Crippen molar-refractivity contribution in [2.24, 2.45) is 11.8 Å². The van der Waals surface area contributed by atoms with Gasteiger partial charge in [-0.25, -0.2) is 4.79 Å². The third-order valence-corrected chi connectivity index (χ3v) is 3.79. The molecule has 1 heterocycles. The van der Waals surface area contributed by atoms with E-state index in [2.05, 4.69) is 5.32 Å². The molecule has 0 aliphatic carbocycles. The molecule has 1 fully saturated rings. The van der Waals surface area contributed by atoms with Gasteiger partial charge in [-0.2, -0.15) is 0 Å². The molecule has 1 aliphatic heterocycles. The van der Waals surface area contributed by atoms with Crippen LogP contribution in [-0.4, -0.2) is 55.4 Å². The fraction of sp³-hybridized carbons (Fsp3) is 0.857. The number of rotatable bonds is 7. The van der Waals surface area contributed by atoms with Crippen molar-refractivity contribution < 1.29 is 19.4 Å². The van der Waals surface area contributed by atoms with Gasteiger partial charge < -0.3 is 20.1 Å². The number of carbonyl (C=O) groups is 2. The van der Waals surface area contributed by atoms with E-state index in [1.807, 2.05) is 6.92 Å². The summed E-state index contributed by atoms with van der Waals surface area (Å²) in [6.07, 6.45) is 3.28. The number of carboxylic acid groups (broad SMARTS) is 1. The molecule has 0 saturated carbocycles. The third-order valence-electron chi connectivity index (χ3n) is 3.79. The van der Waals surface area contributed by atoms with Gasteiger partial charge in [0.15, 0.2) is 0 Å². The van der Waals surface area contributed by atoms with Crippen LogP contribution in [0.2, 0.25) is 0 Å². The quantitative estimate of drug-likeness (QED) is 0.744. The lowest BCUT2D eigenvalue weighted by molar-refractivity contribution is -0.141. The number of nitrogens with one attached hydrogen (secondary N) is 1. The highest BCUT2D eigenvalue weighted by molar-refractivity contribution is 5.76. The molecule has 0 aromatic rings. The molecular formula is C14H26N2O4. The summed E-state index contributed by atoms with van der Waals surface area (Å²) in [7, 11) is 1.69. The number of carboxylic acids is 1. The van der Waals surface area contributed by atoms with Crippen LogP contribution < -0.4 is 5.32 Å². The second-order valence-electron chi connectivity index (χ2n) is 5.40. The standard InChI is InChI=1S/C14H26N2O4/c1-3-4-12(13(17)18)9-15-14(19)16-7-5-11(6-8-16)10-20-2/h11-12H,3-10H2,1-2H3,(H,15,19)(H,17,18). The van der Waals surface area contributed by atoms with Gasteiger partial charge in [-0.1, -0.05) is 13.3 Å². The van der Waals surface area contributed by atoms with Crippen molar-refractivity contribution in [3.05, 3.63) is 0 Å². The predicted octanol–water partition coefficient (Wildman–Crippen LogP) is 1.56. The Balaban J connectivity index is 2.31. The first-order valence-electron chi connectivity index (χ1n) is 7.33. The smallest absolute Gasteiger partial charge is 0.317 e. The molecule has 2 N–H and O–H groups in total. The monoisotopic (exact) mass is 286 g/mol. The second-order valence-corrected chi connectivity index (χ2v) is 5.40. The zero-order chi connectivity index (χ0) is 15.0. The summed E-state index contributed by atoms with van der Waals surface area (Å²) in [5.74, 6) is -0.808. The predicted molar refractivity (Wildman–Crippen MR) is 75.6 cm³/mol. The Morgan fingerprint density at radius 3 is 2.55 bits per heavy atom. The van der Waals surface area contributed by atoms with Gasteiger partial charge in [-0.05, 0) is 25.2 Å². The molecule has 20 heavy (non-hydrogen) atoms. The first-order valence-corrected chi connectivity index (χ1v) is 7.33. The van der Waals surface area contributed by atoms with Crippen molar-refractivity contribution in [3.63, 3.8) is 0 Å². The lowest BCUT2D eigenvalue weighted by atomic mass is 9.98. The number of likely N-dealkylation sites (tertiary alicyclic amines) is 1. The van der Waals surface area contributed by atoms with Crippen LogP contribution in [-0.2, 0) is 9.53 Å². The van der Waals surface area contributed by atoms with Crippen molar-refractivity contribution >= 4 is 12.0 Å². The fourth-order valence-electron chi connectivity index (χ4n) is 2.52. The zero-order valence-corrected chi connectivity index (χ0v) is 12.4. The first kappa shape index (κ1) is 16.8. The summed E-state index contributed by atoms with van der Waals surface area (Å²) in [5, 5.41) is 11.8. The Hall–Kier alpha value is -1.30. The minimum atomic E-state index is -0.842. The van der Waals surface area contributed by atoms with E-state index < -0.39 is 11.9 Å². The number of ether oxygens (including phenoxy) is 1. The summed E-state index contributed by atoms with van der Waals surface area (Å²) in [4.78, 5) is 24.8. The fourth-order valence-corrected chi connectivity index (χ4v) is 2.52. The third kappa shape index (κ3) is 5.36. The SMILES string of the molecule is CCCC(CNC(=O)N1CCC(COC)CC1)C(=O)O. The minimum Gasteiger partial charge on any atom is -0.481 e. The number of amides is 2. The number of hydrogen-bond acceptors (Lipinski definition) is 3. The molecule has 0 radical (unpaired) electrons. The van der Waals surface area contributed by atoms with Gasteiger partial charge in [0.2, 0.25) is 0 Å². The van der Waals surface area contributed by atoms with Gasteiger partial charge in [-0.15, -0.1) is 0 Å². The van der Waals surface area contributed by atoms with Crippen molar-refractivity contribution in [1.82, 2.24) is 10.2 Å². The Morgan fingerprint density at radius 1 is 1.40 bits per heavy atom. The van der Waals surface area contributed by atoms with Gasteiger partial charge in [0, 0.05) is 33.4 Å². The second kappa shape index (κ2) is 8.79. The summed E-state index contributed by atoms with van der Waals surface area (Å²) < 4.78 is 5.12. The Kier molecular flexibility index (Phi) is 7.36. The highest BCUT2D eigenvalue weighted by Gasteiger charge is 2.24. The van der Waals surface area contributed by atoms with Crippen molar-refractivity contribution in [2.45, 2.75) is 32.6 Å². The number of carbonyl (C=O) groups excluding carboxylic acids is 1. The Morgan fingerprint density at radius 2 is 2.05 bits per heavy atom. The number of piperidine rings is 1. The van der Waals surface area contributed by atoms with Crippen molar-refractivity contribution in [2.75, 3.05) is 33.4 Å². The number of aliphatic carboxylic acids is 1. The summed E-state index contributed by atoms with van der Waals surface area (Å²) in [6, 6.07) is -0.150. The van der Waals surface area contributed by atoms with Gasteiger partial charge >= 0.3 is 12.0 Å². The van der Waals surface area contributed by atoms with Gasteiger partial charge in [0.05, 0.1) is 5.92 Å². The van der Waals surface area contributed by atoms with Crippen molar-refractivity contribution in [1.29, 1.82) is 0 Å². The zero-order valence-electron chi connectivity index (χ0n) is 12.4. The van der Waals surface area contributed by atoms with Crippen LogP contribution >= 0.6 is 0 Å². The number of nitrogens with zero attached hydrogens (tertiary/aromatic N) is 1. The molecule has 1 aliphatic rings. The highest BCUT2D eigenvalue weighted by atomic mass is 16.5. The van der Waals surface area contributed by atoms with Gasteiger partial charge in [0.25, 0.3) is 0 Å². The molecule has 6 heteroatoms. The average molecular weight is 286 g/mol. The van der Waals surface area contributed by atoms with Crippen LogP contribution in [0.15, 0.2) is 0 Å². The Bertz CT molecular complexity index is 314. The summed E-state index contributed by atoms with van der Waals surface area (Å²) in [5.41, 5.74) is 0. The summed E-state index contributed by atoms with van der Waals surface area (Å²) in [6.45, 7) is 4.32. The maximum absolute atomic E-state index is 12.0. The number of urea groups is 1. The normalized spacial score (nSPS) is 17.8. The van der Waals surface area contributed by atoms with Gasteiger partial charge in [0.1, 0.15) is 0 Å². The lowest BCUT2D eigenvalue weighted by Gasteiger charge is -2.32. The molecule has 2 amide bonds. The molecular weight excluding hydrogens is 260 g/mol. The van der Waals surface area contributed by atoms with E-state index in [1.165, 1.54) is 0 Å². The van der Waals surface area contributed by atoms with E-state index >= 15 is 0 Å². The van der Waals surface area contributed by atoms with E-state index in [9.17, 15) is 9.59 Å². The van der Waals surface area contributed by atoms with Crippen molar-refractivity contribution in [3.8, 4) is 0 Å². The molecule has 116 valence electrons. The number of hydrogen-bond donors (Lipinski definition) is 2. The molecule has 1 atom stereocenters. The summed E-state index contributed by atoms with van der Waals surface area (Å²) >= 11 is 0. The molecule has 0 spiro atoms. The van der Waals surface area contributed by atoms with E-state index in [0.29, 0.717) is 25.4 Å². The average Bonchev–Trinajstić information content (AvgIpc) is 2.44. The molecule has 1 saturated heterocycles. The highest BCUT2D eigenvalue weighted by Crippen LogP contribution is 2.17. The molecule has 0 aromatic heterocycles. The maximum atomic E-state index is 12.0. The molecule has 6 nitrogen and oxygen atoms in total. The van der Waals surface area contributed by atoms with Crippen LogP contribution in [0.3, 0.4) is 0 Å².